The lowest BCUT2D eigenvalue weighted by Gasteiger charge is -2.35. The van der Waals surface area contributed by atoms with Gasteiger partial charge in [-0.15, -0.1) is 0 Å². The van der Waals surface area contributed by atoms with Crippen LogP contribution >= 0.6 is 0 Å². The van der Waals surface area contributed by atoms with Crippen molar-refractivity contribution in [2.24, 2.45) is 0 Å². The normalized spacial score (nSPS) is 16.4. The summed E-state index contributed by atoms with van der Waals surface area (Å²) in [5, 5.41) is 8.91. The molecular weight excluding hydrogens is 244 g/mol. The van der Waals surface area contributed by atoms with Gasteiger partial charge in [-0.05, 0) is 24.3 Å². The van der Waals surface area contributed by atoms with E-state index in [0.29, 0.717) is 5.56 Å². The summed E-state index contributed by atoms with van der Waals surface area (Å²) >= 11 is 0. The first-order chi connectivity index (χ1) is 9.24. The molecule has 0 radical (unpaired) electrons. The number of carbonyl (C=O) groups is 1. The number of hydrogen-bond acceptors (Lipinski definition) is 5. The molecule has 0 atom stereocenters. The number of carbonyl (C=O) groups excluding carboxylic acids is 1. The van der Waals surface area contributed by atoms with Crippen LogP contribution in [-0.4, -0.2) is 62.4 Å². The number of ether oxygens (including phenoxy) is 1. The molecule has 1 aliphatic heterocycles. The summed E-state index contributed by atoms with van der Waals surface area (Å²) in [6.45, 7) is 4.76. The van der Waals surface area contributed by atoms with Gasteiger partial charge in [-0.2, -0.15) is 0 Å². The van der Waals surface area contributed by atoms with E-state index in [1.165, 1.54) is 7.11 Å². The Morgan fingerprint density at radius 2 is 1.84 bits per heavy atom. The minimum Gasteiger partial charge on any atom is -0.465 e. The van der Waals surface area contributed by atoms with E-state index in [1.54, 1.807) is 12.1 Å². The van der Waals surface area contributed by atoms with E-state index in [1.807, 2.05) is 12.1 Å². The zero-order chi connectivity index (χ0) is 13.7. The predicted molar refractivity (Wildman–Crippen MR) is 73.5 cm³/mol. The highest BCUT2D eigenvalue weighted by atomic mass is 16.5. The SMILES string of the molecule is COC(=O)c1ccc(N2CCN(CCO)CC2)cc1. The zero-order valence-corrected chi connectivity index (χ0v) is 11.2. The Hall–Kier alpha value is -1.59. The van der Waals surface area contributed by atoms with Gasteiger partial charge in [0.2, 0.25) is 0 Å². The van der Waals surface area contributed by atoms with Crippen molar-refractivity contribution in [2.75, 3.05) is 51.3 Å². The van der Waals surface area contributed by atoms with Crippen LogP contribution in [0.4, 0.5) is 5.69 Å². The van der Waals surface area contributed by atoms with Crippen molar-refractivity contribution < 1.29 is 14.6 Å². The molecule has 1 aliphatic rings. The second kappa shape index (κ2) is 6.54. The molecule has 1 aromatic rings. The highest BCUT2D eigenvalue weighted by Crippen LogP contribution is 2.17. The van der Waals surface area contributed by atoms with Crippen LogP contribution in [0.3, 0.4) is 0 Å². The fraction of sp³-hybridized carbons (Fsp3) is 0.500. The Morgan fingerprint density at radius 1 is 1.21 bits per heavy atom. The fourth-order valence-corrected chi connectivity index (χ4v) is 2.30. The van der Waals surface area contributed by atoms with Crippen molar-refractivity contribution >= 4 is 11.7 Å². The molecule has 1 saturated heterocycles. The molecule has 0 spiro atoms. The number of nitrogens with zero attached hydrogens (tertiary/aromatic N) is 2. The Labute approximate surface area is 113 Å². The van der Waals surface area contributed by atoms with Gasteiger partial charge in [0.05, 0.1) is 19.3 Å². The summed E-state index contributed by atoms with van der Waals surface area (Å²) in [6.07, 6.45) is 0. The van der Waals surface area contributed by atoms with Crippen LogP contribution in [0, 0.1) is 0 Å². The number of hydrogen-bond donors (Lipinski definition) is 1. The van der Waals surface area contributed by atoms with Crippen LogP contribution in [0.5, 0.6) is 0 Å². The van der Waals surface area contributed by atoms with Gasteiger partial charge in [-0.1, -0.05) is 0 Å². The van der Waals surface area contributed by atoms with Gasteiger partial charge in [0.25, 0.3) is 0 Å². The Bertz CT molecular complexity index is 411. The van der Waals surface area contributed by atoms with E-state index in [0.717, 1.165) is 38.4 Å². The van der Waals surface area contributed by atoms with Crippen molar-refractivity contribution in [3.05, 3.63) is 29.8 Å². The minimum absolute atomic E-state index is 0.216. The first-order valence-electron chi connectivity index (χ1n) is 6.51. The largest absolute Gasteiger partial charge is 0.465 e. The van der Waals surface area contributed by atoms with Crippen molar-refractivity contribution in [1.29, 1.82) is 0 Å². The molecule has 0 saturated carbocycles. The van der Waals surface area contributed by atoms with Gasteiger partial charge < -0.3 is 14.7 Å². The van der Waals surface area contributed by atoms with Gasteiger partial charge in [-0.25, -0.2) is 4.79 Å². The first kappa shape index (κ1) is 13.8. The van der Waals surface area contributed by atoms with E-state index in [4.69, 9.17) is 5.11 Å². The third kappa shape index (κ3) is 3.45. The van der Waals surface area contributed by atoms with E-state index in [-0.39, 0.29) is 12.6 Å². The molecule has 5 heteroatoms. The summed E-state index contributed by atoms with van der Waals surface area (Å²) in [4.78, 5) is 15.9. The second-order valence-electron chi connectivity index (χ2n) is 4.59. The quantitative estimate of drug-likeness (QED) is 0.807. The third-order valence-electron chi connectivity index (χ3n) is 3.44. The molecule has 0 amide bonds. The molecule has 1 fully saturated rings. The standard InChI is InChI=1S/C14H20N2O3/c1-19-14(18)12-2-4-13(5-3-12)16-8-6-15(7-9-16)10-11-17/h2-5,17H,6-11H2,1H3. The van der Waals surface area contributed by atoms with Crippen LogP contribution in [0.15, 0.2) is 24.3 Å². The number of piperazine rings is 1. The molecule has 2 rings (SSSR count). The van der Waals surface area contributed by atoms with Crippen molar-refractivity contribution in [3.63, 3.8) is 0 Å². The zero-order valence-electron chi connectivity index (χ0n) is 11.2. The van der Waals surface area contributed by atoms with E-state index in [9.17, 15) is 4.79 Å². The molecule has 104 valence electrons. The van der Waals surface area contributed by atoms with Crippen molar-refractivity contribution in [1.82, 2.24) is 4.90 Å². The van der Waals surface area contributed by atoms with Gasteiger partial charge in [-0.3, -0.25) is 4.90 Å². The van der Waals surface area contributed by atoms with Crippen LogP contribution in [0.1, 0.15) is 10.4 Å². The van der Waals surface area contributed by atoms with Gasteiger partial charge in [0.1, 0.15) is 0 Å². The van der Waals surface area contributed by atoms with Crippen molar-refractivity contribution in [3.8, 4) is 0 Å². The minimum atomic E-state index is -0.306. The number of esters is 1. The molecule has 1 N–H and O–H groups in total. The third-order valence-corrected chi connectivity index (χ3v) is 3.44. The number of benzene rings is 1. The van der Waals surface area contributed by atoms with Crippen LogP contribution in [-0.2, 0) is 4.74 Å². The summed E-state index contributed by atoms with van der Waals surface area (Å²) in [7, 11) is 1.39. The maximum atomic E-state index is 11.3. The topological polar surface area (TPSA) is 53.0 Å². The molecule has 0 aromatic heterocycles. The maximum Gasteiger partial charge on any atom is 0.337 e. The molecule has 0 bridgehead atoms. The number of β-amino-alcohol motifs (C(OH)–C–C–N with tert-alkyl or cyclic N) is 1. The van der Waals surface area contributed by atoms with Crippen LogP contribution in [0.2, 0.25) is 0 Å². The second-order valence-corrected chi connectivity index (χ2v) is 4.59. The number of aliphatic hydroxyl groups excluding tert-OH is 1. The summed E-state index contributed by atoms with van der Waals surface area (Å²) in [6, 6.07) is 7.49. The van der Waals surface area contributed by atoms with Crippen LogP contribution < -0.4 is 4.90 Å². The monoisotopic (exact) mass is 264 g/mol. The molecule has 0 aliphatic carbocycles. The fourth-order valence-electron chi connectivity index (χ4n) is 2.30. The summed E-state index contributed by atoms with van der Waals surface area (Å²) in [5.41, 5.74) is 1.70. The molecule has 19 heavy (non-hydrogen) atoms. The van der Waals surface area contributed by atoms with E-state index in [2.05, 4.69) is 14.5 Å². The number of methoxy groups -OCH3 is 1. The number of aliphatic hydroxyl groups is 1. The lowest BCUT2D eigenvalue weighted by atomic mass is 10.2. The lowest BCUT2D eigenvalue weighted by Crippen LogP contribution is -2.47. The van der Waals surface area contributed by atoms with Gasteiger partial charge in [0.15, 0.2) is 0 Å². The highest BCUT2D eigenvalue weighted by molar-refractivity contribution is 5.89. The molecule has 5 nitrogen and oxygen atoms in total. The number of rotatable bonds is 4. The molecule has 1 heterocycles. The number of anilines is 1. The Morgan fingerprint density at radius 3 is 2.37 bits per heavy atom. The highest BCUT2D eigenvalue weighted by Gasteiger charge is 2.16. The van der Waals surface area contributed by atoms with E-state index < -0.39 is 0 Å². The van der Waals surface area contributed by atoms with Gasteiger partial charge >= 0.3 is 5.97 Å². The first-order valence-corrected chi connectivity index (χ1v) is 6.51. The van der Waals surface area contributed by atoms with Gasteiger partial charge in [0, 0.05) is 38.4 Å². The Balaban J connectivity index is 1.94. The Kier molecular flexibility index (Phi) is 4.76. The predicted octanol–water partition coefficient (Wildman–Crippen LogP) is 0.587. The summed E-state index contributed by atoms with van der Waals surface area (Å²) in [5.74, 6) is -0.306. The lowest BCUT2D eigenvalue weighted by molar-refractivity contribution is 0.0601. The summed E-state index contributed by atoms with van der Waals surface area (Å²) < 4.78 is 4.68. The molecule has 0 unspecified atom stereocenters. The smallest absolute Gasteiger partial charge is 0.337 e. The van der Waals surface area contributed by atoms with E-state index >= 15 is 0 Å². The average Bonchev–Trinajstić information content (AvgIpc) is 2.48. The molecule has 1 aromatic carbocycles. The van der Waals surface area contributed by atoms with Crippen LogP contribution in [0.25, 0.3) is 0 Å². The maximum absolute atomic E-state index is 11.3. The van der Waals surface area contributed by atoms with Crippen molar-refractivity contribution in [2.45, 2.75) is 0 Å². The molecular formula is C14H20N2O3. The average molecular weight is 264 g/mol.